The summed E-state index contributed by atoms with van der Waals surface area (Å²) in [4.78, 5) is 0. The Morgan fingerprint density at radius 3 is 1.96 bits per heavy atom. The van der Waals surface area contributed by atoms with Gasteiger partial charge >= 0.3 is 0 Å². The van der Waals surface area contributed by atoms with Gasteiger partial charge in [-0.1, -0.05) is 75.8 Å². The van der Waals surface area contributed by atoms with Gasteiger partial charge in [0.15, 0.2) is 0 Å². The largest absolute Gasteiger partial charge is 1.00 e. The van der Waals surface area contributed by atoms with Crippen LogP contribution < -0.4 is 12.4 Å². The van der Waals surface area contributed by atoms with E-state index < -0.39 is 0 Å². The number of halogens is 1. The molecule has 1 fully saturated rings. The van der Waals surface area contributed by atoms with Crippen molar-refractivity contribution in [2.75, 3.05) is 19.6 Å². The Balaban J connectivity index is 0.00000288. The first-order chi connectivity index (χ1) is 11.3. The molecule has 2 rings (SSSR count). The molecule has 0 unspecified atom stereocenters. The molecule has 0 saturated carbocycles. The van der Waals surface area contributed by atoms with Gasteiger partial charge in [-0.15, -0.1) is 0 Å². The summed E-state index contributed by atoms with van der Waals surface area (Å²) in [6, 6.07) is 11.2. The van der Waals surface area contributed by atoms with Gasteiger partial charge in [0.2, 0.25) is 0 Å². The number of hydrogen-bond acceptors (Lipinski definition) is 0. The molecular formula is C22H38ClN. The lowest BCUT2D eigenvalue weighted by Gasteiger charge is -2.42. The van der Waals surface area contributed by atoms with Crippen molar-refractivity contribution in [3.63, 3.8) is 0 Å². The van der Waals surface area contributed by atoms with E-state index in [1.165, 1.54) is 107 Å². The monoisotopic (exact) mass is 351 g/mol. The molecule has 0 bridgehead atoms. The van der Waals surface area contributed by atoms with Crippen molar-refractivity contribution in [2.24, 2.45) is 0 Å². The second-order valence-corrected chi connectivity index (χ2v) is 7.69. The Kier molecular flexibility index (Phi) is 11.5. The third-order valence-corrected chi connectivity index (χ3v) is 5.61. The van der Waals surface area contributed by atoms with E-state index in [2.05, 4.69) is 37.3 Å². The zero-order valence-electron chi connectivity index (χ0n) is 15.8. The topological polar surface area (TPSA) is 0 Å². The van der Waals surface area contributed by atoms with E-state index >= 15 is 0 Å². The fraction of sp³-hybridized carbons (Fsp3) is 0.727. The minimum atomic E-state index is 0. The number of rotatable bonds is 11. The summed E-state index contributed by atoms with van der Waals surface area (Å²) in [5.41, 5.74) is 1.54. The zero-order valence-corrected chi connectivity index (χ0v) is 16.6. The van der Waals surface area contributed by atoms with Crippen molar-refractivity contribution in [3.8, 4) is 0 Å². The van der Waals surface area contributed by atoms with E-state index in [0.717, 1.165) is 0 Å². The number of likely N-dealkylation sites (tertiary alicyclic amines) is 1. The predicted molar refractivity (Wildman–Crippen MR) is 101 cm³/mol. The van der Waals surface area contributed by atoms with Gasteiger partial charge in [-0.05, 0) is 32.1 Å². The van der Waals surface area contributed by atoms with Gasteiger partial charge < -0.3 is 16.9 Å². The molecule has 1 aromatic rings. The molecule has 2 heteroatoms. The Labute approximate surface area is 156 Å². The summed E-state index contributed by atoms with van der Waals surface area (Å²) in [5, 5.41) is 0. The maximum atomic E-state index is 2.32. The van der Waals surface area contributed by atoms with Crippen LogP contribution in [0.3, 0.4) is 0 Å². The minimum absolute atomic E-state index is 0. The Morgan fingerprint density at radius 2 is 1.33 bits per heavy atom. The summed E-state index contributed by atoms with van der Waals surface area (Å²) in [6.07, 6.45) is 15.8. The number of unbranched alkanes of at least 4 members (excludes halogenated alkanes) is 7. The van der Waals surface area contributed by atoms with E-state index in [4.69, 9.17) is 0 Å². The van der Waals surface area contributed by atoms with Crippen molar-refractivity contribution < 1.29 is 16.9 Å². The molecular weight excluding hydrogens is 314 g/mol. The van der Waals surface area contributed by atoms with Crippen LogP contribution in [-0.4, -0.2) is 24.1 Å². The number of hydrogen-bond donors (Lipinski definition) is 0. The zero-order chi connectivity index (χ0) is 16.2. The second-order valence-electron chi connectivity index (χ2n) is 7.69. The number of quaternary nitrogens is 1. The van der Waals surface area contributed by atoms with Crippen LogP contribution >= 0.6 is 0 Å². The molecule has 0 amide bonds. The average molecular weight is 352 g/mol. The summed E-state index contributed by atoms with van der Waals surface area (Å²) in [6.45, 7) is 7.78. The van der Waals surface area contributed by atoms with Crippen LogP contribution in [-0.2, 0) is 6.54 Å². The van der Waals surface area contributed by atoms with E-state index in [0.29, 0.717) is 0 Å². The normalized spacial score (nSPS) is 16.5. The molecule has 1 aliphatic rings. The van der Waals surface area contributed by atoms with Gasteiger partial charge in [0, 0.05) is 5.56 Å². The molecule has 1 nitrogen and oxygen atoms in total. The van der Waals surface area contributed by atoms with Crippen LogP contribution in [0.1, 0.15) is 83.1 Å². The van der Waals surface area contributed by atoms with Gasteiger partial charge in [-0.25, -0.2) is 0 Å². The first-order valence-corrected chi connectivity index (χ1v) is 10.2. The predicted octanol–water partition coefficient (Wildman–Crippen LogP) is 3.33. The van der Waals surface area contributed by atoms with E-state index in [1.54, 1.807) is 0 Å². The number of nitrogens with zero attached hydrogens (tertiary/aromatic N) is 1. The molecule has 1 saturated heterocycles. The molecule has 0 aliphatic carbocycles. The smallest absolute Gasteiger partial charge is 0.104 e. The van der Waals surface area contributed by atoms with Crippen LogP contribution in [0.15, 0.2) is 30.3 Å². The average Bonchev–Trinajstić information content (AvgIpc) is 2.59. The van der Waals surface area contributed by atoms with Crippen molar-refractivity contribution in [3.05, 3.63) is 35.9 Å². The summed E-state index contributed by atoms with van der Waals surface area (Å²) < 4.78 is 1.36. The van der Waals surface area contributed by atoms with Gasteiger partial charge in [-0.3, -0.25) is 0 Å². The number of piperidine rings is 1. The Morgan fingerprint density at radius 1 is 0.750 bits per heavy atom. The number of benzene rings is 1. The molecule has 0 radical (unpaired) electrons. The molecule has 0 atom stereocenters. The first kappa shape index (κ1) is 21.5. The van der Waals surface area contributed by atoms with E-state index in [-0.39, 0.29) is 12.4 Å². The molecule has 0 aromatic heterocycles. The van der Waals surface area contributed by atoms with Crippen molar-refractivity contribution in [1.82, 2.24) is 0 Å². The standard InChI is InChI=1S/C22H38N.ClH/c1-2-3-4-5-6-7-8-13-18-23(19-14-10-15-20-23)21-22-16-11-9-12-17-22;/h9,11-12,16-17H,2-8,10,13-15,18-21H2,1H3;1H/q+1;/p-1. The second kappa shape index (κ2) is 12.8. The lowest BCUT2D eigenvalue weighted by molar-refractivity contribution is -0.945. The summed E-state index contributed by atoms with van der Waals surface area (Å²) in [7, 11) is 0. The SMILES string of the molecule is CCCCCCCCCC[N+]1(Cc2ccccc2)CCCCC1.[Cl-]. The lowest BCUT2D eigenvalue weighted by atomic mass is 10.0. The fourth-order valence-corrected chi connectivity index (χ4v) is 4.20. The van der Waals surface area contributed by atoms with Crippen LogP contribution in [0.4, 0.5) is 0 Å². The molecule has 138 valence electrons. The minimum Gasteiger partial charge on any atom is -1.00 e. The third kappa shape index (κ3) is 8.03. The highest BCUT2D eigenvalue weighted by Gasteiger charge is 2.29. The molecule has 1 aromatic carbocycles. The highest BCUT2D eigenvalue weighted by atomic mass is 35.5. The fourth-order valence-electron chi connectivity index (χ4n) is 4.20. The maximum Gasteiger partial charge on any atom is 0.104 e. The first-order valence-electron chi connectivity index (χ1n) is 10.2. The summed E-state index contributed by atoms with van der Waals surface area (Å²) in [5.74, 6) is 0. The van der Waals surface area contributed by atoms with Crippen molar-refractivity contribution >= 4 is 0 Å². The maximum absolute atomic E-state index is 2.32. The van der Waals surface area contributed by atoms with Crippen LogP contribution in [0.25, 0.3) is 0 Å². The van der Waals surface area contributed by atoms with Gasteiger partial charge in [0.25, 0.3) is 0 Å². The van der Waals surface area contributed by atoms with Gasteiger partial charge in [-0.2, -0.15) is 0 Å². The van der Waals surface area contributed by atoms with Crippen molar-refractivity contribution in [2.45, 2.75) is 84.1 Å². The highest BCUT2D eigenvalue weighted by molar-refractivity contribution is 5.13. The molecule has 24 heavy (non-hydrogen) atoms. The Bertz CT molecular complexity index is 398. The molecule has 0 spiro atoms. The third-order valence-electron chi connectivity index (χ3n) is 5.61. The van der Waals surface area contributed by atoms with E-state index in [1.807, 2.05) is 0 Å². The van der Waals surface area contributed by atoms with Crippen LogP contribution in [0, 0.1) is 0 Å². The summed E-state index contributed by atoms with van der Waals surface area (Å²) >= 11 is 0. The Hall–Kier alpha value is -0.530. The van der Waals surface area contributed by atoms with Crippen molar-refractivity contribution in [1.29, 1.82) is 0 Å². The van der Waals surface area contributed by atoms with Crippen LogP contribution in [0.5, 0.6) is 0 Å². The quantitative estimate of drug-likeness (QED) is 0.424. The van der Waals surface area contributed by atoms with Crippen LogP contribution in [0.2, 0.25) is 0 Å². The molecule has 1 aliphatic heterocycles. The van der Waals surface area contributed by atoms with E-state index in [9.17, 15) is 0 Å². The molecule has 0 N–H and O–H groups in total. The lowest BCUT2D eigenvalue weighted by Crippen LogP contribution is -3.00. The molecule has 1 heterocycles. The van der Waals surface area contributed by atoms with Gasteiger partial charge in [0.05, 0.1) is 19.6 Å². The van der Waals surface area contributed by atoms with Gasteiger partial charge in [0.1, 0.15) is 6.54 Å². The highest BCUT2D eigenvalue weighted by Crippen LogP contribution is 2.24.